The summed E-state index contributed by atoms with van der Waals surface area (Å²) in [6.07, 6.45) is 9.93. The van der Waals surface area contributed by atoms with Crippen LogP contribution in [0.2, 0.25) is 0 Å². The molecule has 4 aromatic rings. The number of para-hydroxylation sites is 1. The van der Waals surface area contributed by atoms with Crippen molar-refractivity contribution in [2.45, 2.75) is 91.9 Å². The van der Waals surface area contributed by atoms with Crippen molar-refractivity contribution in [2.75, 3.05) is 20.3 Å². The number of hydrogen-bond donors (Lipinski definition) is 2. The van der Waals surface area contributed by atoms with Crippen LogP contribution in [0.3, 0.4) is 0 Å². The number of benzene rings is 3. The maximum absolute atomic E-state index is 11.6. The molecule has 0 fully saturated rings. The molecule has 46 heavy (non-hydrogen) atoms. The van der Waals surface area contributed by atoms with E-state index in [1.165, 1.54) is 0 Å². The SMILES string of the molecule is CCCCCCOc1c(CC)ccc(-c2nc(-c3ccccc3OC)nc(-c3ccc(CC)c(OCCCCCC)c3O)n2)c1O. The largest absolute Gasteiger partial charge is 0.504 e. The molecule has 0 spiro atoms. The highest BCUT2D eigenvalue weighted by molar-refractivity contribution is 5.77. The molecular formula is C38H49N3O5. The number of ether oxygens (including phenoxy) is 3. The van der Waals surface area contributed by atoms with Gasteiger partial charge in [0.1, 0.15) is 5.75 Å². The quantitative estimate of drug-likeness (QED) is 0.105. The second-order valence-corrected chi connectivity index (χ2v) is 11.4. The van der Waals surface area contributed by atoms with Gasteiger partial charge in [-0.05, 0) is 61.1 Å². The van der Waals surface area contributed by atoms with E-state index in [-0.39, 0.29) is 23.1 Å². The summed E-state index contributed by atoms with van der Waals surface area (Å²) in [6, 6.07) is 15.0. The van der Waals surface area contributed by atoms with Gasteiger partial charge in [-0.25, -0.2) is 15.0 Å². The summed E-state index contributed by atoms with van der Waals surface area (Å²) in [5.74, 6) is 2.32. The molecule has 0 saturated heterocycles. The highest BCUT2D eigenvalue weighted by Crippen LogP contribution is 2.43. The molecule has 246 valence electrons. The van der Waals surface area contributed by atoms with Gasteiger partial charge in [-0.3, -0.25) is 0 Å². The molecule has 0 unspecified atom stereocenters. The first-order chi connectivity index (χ1) is 22.5. The zero-order chi connectivity index (χ0) is 32.9. The van der Waals surface area contributed by atoms with Gasteiger partial charge in [0, 0.05) is 0 Å². The number of aromatic hydroxyl groups is 2. The monoisotopic (exact) mass is 627 g/mol. The molecular weight excluding hydrogens is 578 g/mol. The van der Waals surface area contributed by atoms with Gasteiger partial charge in [0.15, 0.2) is 40.5 Å². The lowest BCUT2D eigenvalue weighted by molar-refractivity contribution is 0.287. The van der Waals surface area contributed by atoms with Crippen molar-refractivity contribution in [1.82, 2.24) is 15.0 Å². The van der Waals surface area contributed by atoms with Crippen molar-refractivity contribution >= 4 is 0 Å². The van der Waals surface area contributed by atoms with Crippen LogP contribution in [0.1, 0.15) is 90.2 Å². The average molecular weight is 628 g/mol. The predicted molar refractivity (Wildman–Crippen MR) is 184 cm³/mol. The van der Waals surface area contributed by atoms with Crippen molar-refractivity contribution in [3.8, 4) is 62.9 Å². The Hall–Kier alpha value is -4.33. The number of nitrogens with zero attached hydrogens (tertiary/aromatic N) is 3. The van der Waals surface area contributed by atoms with Gasteiger partial charge in [0.2, 0.25) is 0 Å². The first kappa shape index (κ1) is 34.5. The topological polar surface area (TPSA) is 107 Å². The van der Waals surface area contributed by atoms with E-state index in [0.29, 0.717) is 65.8 Å². The van der Waals surface area contributed by atoms with Crippen LogP contribution in [-0.2, 0) is 12.8 Å². The van der Waals surface area contributed by atoms with E-state index in [2.05, 4.69) is 13.8 Å². The van der Waals surface area contributed by atoms with Crippen molar-refractivity contribution in [2.24, 2.45) is 0 Å². The molecule has 3 aromatic carbocycles. The van der Waals surface area contributed by atoms with Gasteiger partial charge in [-0.15, -0.1) is 0 Å². The second-order valence-electron chi connectivity index (χ2n) is 11.4. The Labute approximate surface area is 273 Å². The molecule has 0 bridgehead atoms. The fraction of sp³-hybridized carbons (Fsp3) is 0.447. The molecule has 0 atom stereocenters. The molecule has 0 aliphatic carbocycles. The van der Waals surface area contributed by atoms with E-state index < -0.39 is 0 Å². The molecule has 0 aliphatic heterocycles. The smallest absolute Gasteiger partial charge is 0.169 e. The van der Waals surface area contributed by atoms with E-state index in [0.717, 1.165) is 62.5 Å². The fourth-order valence-electron chi connectivity index (χ4n) is 5.44. The summed E-state index contributed by atoms with van der Waals surface area (Å²) in [5, 5.41) is 23.2. The molecule has 0 saturated carbocycles. The summed E-state index contributed by atoms with van der Waals surface area (Å²) < 4.78 is 18.0. The summed E-state index contributed by atoms with van der Waals surface area (Å²) in [6.45, 7) is 9.44. The molecule has 4 rings (SSSR count). The maximum Gasteiger partial charge on any atom is 0.169 e. The zero-order valence-corrected chi connectivity index (χ0v) is 28.1. The van der Waals surface area contributed by atoms with Crippen LogP contribution in [0.5, 0.6) is 28.7 Å². The minimum Gasteiger partial charge on any atom is -0.504 e. The summed E-state index contributed by atoms with van der Waals surface area (Å²) in [4.78, 5) is 14.5. The Morgan fingerprint density at radius 1 is 0.543 bits per heavy atom. The Morgan fingerprint density at radius 3 is 1.43 bits per heavy atom. The molecule has 8 heteroatoms. The number of methoxy groups -OCH3 is 1. The molecule has 8 nitrogen and oxygen atoms in total. The molecule has 1 aromatic heterocycles. The van der Waals surface area contributed by atoms with Gasteiger partial charge in [0.05, 0.1) is 37.0 Å². The number of aromatic nitrogens is 3. The fourth-order valence-corrected chi connectivity index (χ4v) is 5.44. The van der Waals surface area contributed by atoms with Crippen LogP contribution in [0.4, 0.5) is 0 Å². The van der Waals surface area contributed by atoms with E-state index in [1.807, 2.05) is 62.4 Å². The minimum absolute atomic E-state index is 0.0142. The van der Waals surface area contributed by atoms with Crippen molar-refractivity contribution < 1.29 is 24.4 Å². The number of rotatable bonds is 18. The second kappa shape index (κ2) is 17.4. The van der Waals surface area contributed by atoms with Crippen LogP contribution < -0.4 is 14.2 Å². The number of unbranched alkanes of at least 4 members (excludes halogenated alkanes) is 6. The molecule has 0 radical (unpaired) electrons. The summed E-state index contributed by atoms with van der Waals surface area (Å²) in [5.41, 5.74) is 3.30. The number of hydrogen-bond acceptors (Lipinski definition) is 8. The highest BCUT2D eigenvalue weighted by Gasteiger charge is 2.23. The minimum atomic E-state index is -0.0142. The van der Waals surface area contributed by atoms with Crippen LogP contribution in [0.15, 0.2) is 48.5 Å². The molecule has 0 amide bonds. The Morgan fingerprint density at radius 2 is 1.00 bits per heavy atom. The third-order valence-electron chi connectivity index (χ3n) is 8.14. The maximum atomic E-state index is 11.6. The lowest BCUT2D eigenvalue weighted by Gasteiger charge is -2.17. The summed E-state index contributed by atoms with van der Waals surface area (Å²) >= 11 is 0. The van der Waals surface area contributed by atoms with E-state index in [4.69, 9.17) is 29.2 Å². The third kappa shape index (κ3) is 8.27. The van der Waals surface area contributed by atoms with E-state index in [1.54, 1.807) is 7.11 Å². The highest BCUT2D eigenvalue weighted by atomic mass is 16.5. The lowest BCUT2D eigenvalue weighted by atomic mass is 10.0. The molecule has 0 aliphatic rings. The van der Waals surface area contributed by atoms with Crippen LogP contribution in [-0.4, -0.2) is 45.5 Å². The van der Waals surface area contributed by atoms with E-state index in [9.17, 15) is 10.2 Å². The summed E-state index contributed by atoms with van der Waals surface area (Å²) in [7, 11) is 1.60. The van der Waals surface area contributed by atoms with Gasteiger partial charge in [0.25, 0.3) is 0 Å². The molecule has 1 heterocycles. The van der Waals surface area contributed by atoms with Crippen LogP contribution in [0, 0.1) is 0 Å². The predicted octanol–water partition coefficient (Wildman–Crippen LogP) is 9.34. The Kier molecular flexibility index (Phi) is 13.1. The standard InChI is InChI=1S/C38H49N3O5/c1-6-10-12-16-24-45-34-26(8-3)20-22-29(32(34)42)37-39-36(28-18-14-15-19-31(28)44-5)40-38(41-37)30-23-21-27(9-4)35(33(30)43)46-25-17-13-11-7-2/h14-15,18-23,42-43H,6-13,16-17,24-25H2,1-5H3. The van der Waals surface area contributed by atoms with Gasteiger partial charge >= 0.3 is 0 Å². The Bertz CT molecular complexity index is 1480. The van der Waals surface area contributed by atoms with E-state index >= 15 is 0 Å². The van der Waals surface area contributed by atoms with Crippen molar-refractivity contribution in [3.63, 3.8) is 0 Å². The normalized spacial score (nSPS) is 11.1. The molecule has 2 N–H and O–H groups in total. The van der Waals surface area contributed by atoms with Crippen molar-refractivity contribution in [1.29, 1.82) is 0 Å². The zero-order valence-electron chi connectivity index (χ0n) is 28.1. The average Bonchev–Trinajstić information content (AvgIpc) is 3.08. The first-order valence-corrected chi connectivity index (χ1v) is 16.8. The third-order valence-corrected chi connectivity index (χ3v) is 8.14. The number of phenols is 2. The lowest BCUT2D eigenvalue weighted by Crippen LogP contribution is -2.05. The van der Waals surface area contributed by atoms with Crippen LogP contribution in [0.25, 0.3) is 34.2 Å². The van der Waals surface area contributed by atoms with Gasteiger partial charge in [-0.1, -0.05) is 90.5 Å². The van der Waals surface area contributed by atoms with Crippen molar-refractivity contribution in [3.05, 3.63) is 59.7 Å². The Balaban J connectivity index is 1.84. The number of aryl methyl sites for hydroxylation is 2. The van der Waals surface area contributed by atoms with Gasteiger partial charge < -0.3 is 24.4 Å². The number of phenolic OH excluding ortho intramolecular Hbond substituents is 2. The van der Waals surface area contributed by atoms with Gasteiger partial charge in [-0.2, -0.15) is 0 Å². The van der Waals surface area contributed by atoms with Crippen LogP contribution >= 0.6 is 0 Å². The first-order valence-electron chi connectivity index (χ1n) is 16.8.